The Morgan fingerprint density at radius 3 is 0.548 bits per heavy atom. The lowest BCUT2D eigenvalue weighted by atomic mass is 9.90. The number of rotatable bonds is 69. The van der Waals surface area contributed by atoms with Crippen molar-refractivity contribution in [1.29, 1.82) is 0 Å². The molecule has 0 saturated carbocycles. The molecule has 2 atom stereocenters. The summed E-state index contributed by atoms with van der Waals surface area (Å²) < 4.78 is 20.5. The van der Waals surface area contributed by atoms with Gasteiger partial charge in [-0.3, -0.25) is 0 Å². The van der Waals surface area contributed by atoms with Crippen LogP contribution in [0.2, 0.25) is 0 Å². The standard InChI is InChI=1S/C25H48O2.C24H46O2.2C18H34O2/c1-4-7-9-11-13-15-17-20-24(22-19-23-27-25(26)6-3)21-18-16-14-12-10-8-5-2;1-4-7-9-11-13-15-17-20-23(19-16-14-12-10-8-5-2)21-18-22-26-24(25)6-3;1-4-7-9-10-12-14-17(13-11-8-5-2)15-16-20-18(19)6-3;1-4-7-9-11-13-17(14-12-10-8-5-2)15-16-20-18(19)6-3/h6,24H,3-5,7-23H2,1-2H3;6,23H,3-5,7-22H2,1-2H3;2*6,17H,3-5,7-16H2,1-2H3. The van der Waals surface area contributed by atoms with E-state index in [0.717, 1.165) is 49.4 Å². The average molecular weight is 1310 g/mol. The van der Waals surface area contributed by atoms with Crippen LogP contribution in [0.25, 0.3) is 0 Å². The lowest BCUT2D eigenvalue weighted by Crippen LogP contribution is -2.09. The third-order valence-corrected chi connectivity index (χ3v) is 18.7. The minimum Gasteiger partial charge on any atom is -0.463 e. The maximum atomic E-state index is 11.2. The second-order valence-corrected chi connectivity index (χ2v) is 27.5. The molecule has 0 N–H and O–H groups in total. The Hall–Kier alpha value is -3.16. The Kier molecular flexibility index (Phi) is 87.9. The van der Waals surface area contributed by atoms with E-state index in [1.807, 2.05) is 0 Å². The van der Waals surface area contributed by atoms with E-state index in [1.54, 1.807) is 0 Å². The molecule has 0 aromatic carbocycles. The Morgan fingerprint density at radius 1 is 0.204 bits per heavy atom. The van der Waals surface area contributed by atoms with Gasteiger partial charge in [-0.2, -0.15) is 0 Å². The molecule has 8 nitrogen and oxygen atoms in total. The predicted octanol–water partition coefficient (Wildman–Crippen LogP) is 27.7. The van der Waals surface area contributed by atoms with Crippen LogP contribution < -0.4 is 0 Å². The molecule has 0 aromatic rings. The van der Waals surface area contributed by atoms with E-state index in [2.05, 4.69) is 81.7 Å². The van der Waals surface area contributed by atoms with E-state index in [0.29, 0.717) is 26.4 Å². The van der Waals surface area contributed by atoms with Crippen molar-refractivity contribution in [2.75, 3.05) is 26.4 Å². The molecule has 550 valence electrons. The van der Waals surface area contributed by atoms with E-state index in [4.69, 9.17) is 18.9 Å². The minimum absolute atomic E-state index is 0.286. The maximum absolute atomic E-state index is 11.2. The van der Waals surface area contributed by atoms with E-state index in [1.165, 1.54) is 365 Å². The molecule has 0 bridgehead atoms. The monoisotopic (exact) mass is 1310 g/mol. The van der Waals surface area contributed by atoms with Gasteiger partial charge < -0.3 is 18.9 Å². The quantitative estimate of drug-likeness (QED) is 0.0257. The van der Waals surface area contributed by atoms with Crippen molar-refractivity contribution in [2.24, 2.45) is 23.7 Å². The van der Waals surface area contributed by atoms with Crippen LogP contribution in [0.1, 0.15) is 421 Å². The first-order valence-corrected chi connectivity index (χ1v) is 40.6. The van der Waals surface area contributed by atoms with Gasteiger partial charge in [-0.25, -0.2) is 19.2 Å². The minimum atomic E-state index is -0.291. The van der Waals surface area contributed by atoms with Crippen LogP contribution in [0.3, 0.4) is 0 Å². The van der Waals surface area contributed by atoms with Crippen molar-refractivity contribution in [3.63, 3.8) is 0 Å². The Morgan fingerprint density at radius 2 is 0.344 bits per heavy atom. The van der Waals surface area contributed by atoms with E-state index >= 15 is 0 Å². The molecular weight excluding hydrogens is 1150 g/mol. The van der Waals surface area contributed by atoms with Crippen LogP contribution in [0.15, 0.2) is 50.6 Å². The summed E-state index contributed by atoms with van der Waals surface area (Å²) in [5.41, 5.74) is 0. The summed E-state index contributed by atoms with van der Waals surface area (Å²) in [6.07, 6.45) is 80.6. The van der Waals surface area contributed by atoms with Gasteiger partial charge in [0.05, 0.1) is 26.4 Å². The predicted molar refractivity (Wildman–Crippen MR) is 407 cm³/mol. The smallest absolute Gasteiger partial charge is 0.330 e. The molecule has 2 unspecified atom stereocenters. The molecule has 8 heteroatoms. The second-order valence-electron chi connectivity index (χ2n) is 27.5. The first-order valence-electron chi connectivity index (χ1n) is 40.6. The topological polar surface area (TPSA) is 105 Å². The number of unbranched alkanes of at least 4 members (excludes halogenated alkanes) is 35. The van der Waals surface area contributed by atoms with Crippen molar-refractivity contribution in [3.05, 3.63) is 50.6 Å². The fraction of sp³-hybridized carbons (Fsp3) is 0.859. The molecule has 0 aliphatic heterocycles. The molecule has 93 heavy (non-hydrogen) atoms. The normalized spacial score (nSPS) is 11.5. The Balaban J connectivity index is -0.000000573. The summed E-state index contributed by atoms with van der Waals surface area (Å²) in [7, 11) is 0. The average Bonchev–Trinajstić information content (AvgIpc) is 3.72. The summed E-state index contributed by atoms with van der Waals surface area (Å²) in [5, 5.41) is 0. The number of ether oxygens (including phenoxy) is 4. The molecule has 0 aromatic heterocycles. The van der Waals surface area contributed by atoms with Gasteiger partial charge in [0.1, 0.15) is 0 Å². The third kappa shape index (κ3) is 83.0. The summed E-state index contributed by atoms with van der Waals surface area (Å²) >= 11 is 0. The molecule has 0 radical (unpaired) electrons. The summed E-state index contributed by atoms with van der Waals surface area (Å²) in [6.45, 7) is 34.0. The first kappa shape index (κ1) is 96.2. The Labute approximate surface area is 581 Å². The van der Waals surface area contributed by atoms with Crippen LogP contribution in [-0.2, 0) is 38.1 Å². The highest BCUT2D eigenvalue weighted by Crippen LogP contribution is 2.27. The summed E-state index contributed by atoms with van der Waals surface area (Å²) in [5.74, 6) is 1.93. The lowest BCUT2D eigenvalue weighted by molar-refractivity contribution is -0.139. The van der Waals surface area contributed by atoms with Crippen molar-refractivity contribution in [1.82, 2.24) is 0 Å². The SMILES string of the molecule is C=CC(=O)OCCC(CCCCC)CCCCCCC.C=CC(=O)OCCC(CCCCCC)CCCCCC.C=CC(=O)OCCCC(CCCCCCCC)CCCCCCCCC.C=CC(=O)OCCCC(CCCCCCCCC)CCCCCCCCC. The highest BCUT2D eigenvalue weighted by atomic mass is 16.5. The fourth-order valence-corrected chi connectivity index (χ4v) is 12.5. The van der Waals surface area contributed by atoms with Gasteiger partial charge in [-0.05, 0) is 62.2 Å². The van der Waals surface area contributed by atoms with Gasteiger partial charge in [-0.1, -0.05) is 409 Å². The first-order chi connectivity index (χ1) is 45.5. The highest BCUT2D eigenvalue weighted by Gasteiger charge is 2.14. The number of hydrogen-bond acceptors (Lipinski definition) is 8. The van der Waals surface area contributed by atoms with Crippen LogP contribution in [-0.4, -0.2) is 50.3 Å². The maximum Gasteiger partial charge on any atom is 0.330 e. The Bertz CT molecular complexity index is 1530. The lowest BCUT2D eigenvalue weighted by Gasteiger charge is -2.17. The zero-order chi connectivity index (χ0) is 69.4. The molecular formula is C85H162O8. The molecule has 0 aliphatic rings. The van der Waals surface area contributed by atoms with Gasteiger partial charge in [0.15, 0.2) is 0 Å². The largest absolute Gasteiger partial charge is 0.463 e. The second kappa shape index (κ2) is 84.9. The van der Waals surface area contributed by atoms with Crippen LogP contribution in [0, 0.1) is 23.7 Å². The van der Waals surface area contributed by atoms with Gasteiger partial charge in [-0.15, -0.1) is 0 Å². The summed E-state index contributed by atoms with van der Waals surface area (Å²) in [4.78, 5) is 44.4. The third-order valence-electron chi connectivity index (χ3n) is 18.7. The van der Waals surface area contributed by atoms with Crippen molar-refractivity contribution in [2.45, 2.75) is 421 Å². The zero-order valence-corrected chi connectivity index (χ0v) is 63.8. The van der Waals surface area contributed by atoms with Crippen molar-refractivity contribution in [3.8, 4) is 0 Å². The highest BCUT2D eigenvalue weighted by molar-refractivity contribution is 5.82. The number of esters is 4. The molecule has 0 heterocycles. The van der Waals surface area contributed by atoms with E-state index in [-0.39, 0.29) is 23.9 Å². The molecule has 0 fully saturated rings. The van der Waals surface area contributed by atoms with Crippen LogP contribution >= 0.6 is 0 Å². The molecule has 0 aliphatic carbocycles. The van der Waals surface area contributed by atoms with Crippen molar-refractivity contribution >= 4 is 23.9 Å². The number of hydrogen-bond donors (Lipinski definition) is 0. The van der Waals surface area contributed by atoms with Crippen molar-refractivity contribution < 1.29 is 38.1 Å². The van der Waals surface area contributed by atoms with Gasteiger partial charge in [0, 0.05) is 24.3 Å². The molecule has 0 amide bonds. The van der Waals surface area contributed by atoms with Gasteiger partial charge in [0.2, 0.25) is 0 Å². The molecule has 0 saturated heterocycles. The zero-order valence-electron chi connectivity index (χ0n) is 63.8. The van der Waals surface area contributed by atoms with E-state index < -0.39 is 0 Å². The van der Waals surface area contributed by atoms with Crippen LogP contribution in [0.4, 0.5) is 0 Å². The van der Waals surface area contributed by atoms with E-state index in [9.17, 15) is 19.2 Å². The molecule has 0 rings (SSSR count). The van der Waals surface area contributed by atoms with Crippen LogP contribution in [0.5, 0.6) is 0 Å². The van der Waals surface area contributed by atoms with Gasteiger partial charge >= 0.3 is 23.9 Å². The summed E-state index contributed by atoms with van der Waals surface area (Å²) in [6, 6.07) is 0. The number of carbonyl (C=O) groups is 4. The molecule has 0 spiro atoms. The van der Waals surface area contributed by atoms with Gasteiger partial charge in [0.25, 0.3) is 0 Å². The number of carbonyl (C=O) groups excluding carboxylic acids is 4. The fourth-order valence-electron chi connectivity index (χ4n) is 12.5.